The number of rotatable bonds is 4. The first kappa shape index (κ1) is 29.6. The Bertz CT molecular complexity index is 430. The summed E-state index contributed by atoms with van der Waals surface area (Å²) in [6.45, 7) is 19.8. The SMILES string of the molecule is CCc1cccc(C[PH+](C(C)(C)C)C(C)(C)C)n1.[CH-]=O.[NH-]CCO.[RuH+2]. The van der Waals surface area contributed by atoms with Gasteiger partial charge in [-0.25, -0.2) is 0 Å². The summed E-state index contributed by atoms with van der Waals surface area (Å²) in [5, 5.41) is 8.51. The maximum atomic E-state index is 7.75. The summed E-state index contributed by atoms with van der Waals surface area (Å²) in [5.41, 5.74) is 8.71. The summed E-state index contributed by atoms with van der Waals surface area (Å²) < 4.78 is 0. The molecule has 0 aliphatic carbocycles. The van der Waals surface area contributed by atoms with Gasteiger partial charge in [0.1, 0.15) is 0 Å². The van der Waals surface area contributed by atoms with Crippen LogP contribution in [0.1, 0.15) is 59.9 Å². The average molecular weight is 458 g/mol. The first-order valence-corrected chi connectivity index (χ1v) is 10.1. The van der Waals surface area contributed by atoms with Crippen LogP contribution in [-0.2, 0) is 36.9 Å². The number of nitrogens with one attached hydrogen (secondary N) is 1. The van der Waals surface area contributed by atoms with E-state index in [1.807, 2.05) is 0 Å². The number of carbonyl (C=O) groups excluding carboxylic acids is 1. The zero-order valence-corrected chi connectivity index (χ0v) is 19.7. The van der Waals surface area contributed by atoms with Crippen molar-refractivity contribution in [3.63, 3.8) is 0 Å². The van der Waals surface area contributed by atoms with E-state index in [1.165, 1.54) is 17.5 Å². The molecule has 1 rings (SSSR count). The third kappa shape index (κ3) is 13.6. The molecule has 6 heteroatoms. The van der Waals surface area contributed by atoms with Crippen LogP contribution in [0.4, 0.5) is 0 Å². The van der Waals surface area contributed by atoms with E-state index in [1.54, 1.807) is 0 Å². The minimum absolute atomic E-state index is 0. The molecular weight excluding hydrogens is 420 g/mol. The fourth-order valence-electron chi connectivity index (χ4n) is 2.66. The van der Waals surface area contributed by atoms with Crippen LogP contribution in [0.25, 0.3) is 5.73 Å². The number of nitrogens with zero attached hydrogens (tertiary/aromatic N) is 1. The molecule has 0 spiro atoms. The summed E-state index contributed by atoms with van der Waals surface area (Å²) in [6, 6.07) is 6.48. The fourth-order valence-corrected chi connectivity index (χ4v) is 6.53. The van der Waals surface area contributed by atoms with Crippen LogP contribution < -0.4 is 0 Å². The van der Waals surface area contributed by atoms with Crippen LogP contribution >= 0.6 is 7.92 Å². The van der Waals surface area contributed by atoms with Crippen LogP contribution in [0.5, 0.6) is 0 Å². The molecule has 0 aliphatic heterocycles. The summed E-state index contributed by atoms with van der Waals surface area (Å²) in [7, 11) is -0.515. The number of aliphatic hydroxyl groups is 1. The molecule has 0 atom stereocenters. The van der Waals surface area contributed by atoms with Gasteiger partial charge in [-0.15, -0.1) is 6.54 Å². The van der Waals surface area contributed by atoms with Gasteiger partial charge in [0, 0.05) is 20.2 Å². The molecule has 1 aromatic heterocycles. The topological polar surface area (TPSA) is 74.0 Å². The van der Waals surface area contributed by atoms with E-state index in [0.29, 0.717) is 10.3 Å². The van der Waals surface area contributed by atoms with Gasteiger partial charge >= 0.3 is 19.5 Å². The van der Waals surface area contributed by atoms with Crippen LogP contribution in [0.15, 0.2) is 18.2 Å². The van der Waals surface area contributed by atoms with E-state index >= 15 is 0 Å². The summed E-state index contributed by atoms with van der Waals surface area (Å²) >= 11 is 0. The minimum atomic E-state index is -0.515. The van der Waals surface area contributed by atoms with Gasteiger partial charge in [0.05, 0.1) is 22.2 Å². The quantitative estimate of drug-likeness (QED) is 0.314. The van der Waals surface area contributed by atoms with E-state index < -0.39 is 7.92 Å². The maximum absolute atomic E-state index is 7.75. The molecule has 1 aromatic rings. The molecule has 0 aromatic carbocycles. The molecule has 0 unspecified atom stereocenters. The molecule has 0 saturated carbocycles. The van der Waals surface area contributed by atoms with E-state index in [4.69, 9.17) is 20.6 Å². The number of pyridine rings is 1. The Labute approximate surface area is 168 Å². The first-order chi connectivity index (χ1) is 11.1. The van der Waals surface area contributed by atoms with Gasteiger partial charge in [-0.2, -0.15) is 0 Å². The van der Waals surface area contributed by atoms with Gasteiger partial charge in [-0.1, -0.05) is 13.0 Å². The molecule has 147 valence electrons. The van der Waals surface area contributed by atoms with Crippen molar-refractivity contribution in [3.05, 3.63) is 35.3 Å². The predicted molar refractivity (Wildman–Crippen MR) is 110 cm³/mol. The molecule has 0 fully saturated rings. The second-order valence-corrected chi connectivity index (χ2v) is 11.9. The Morgan fingerprint density at radius 1 is 1.08 bits per heavy atom. The van der Waals surface area contributed by atoms with Crippen LogP contribution in [0, 0.1) is 0 Å². The third-order valence-corrected chi connectivity index (χ3v) is 7.84. The summed E-state index contributed by atoms with van der Waals surface area (Å²) in [5.74, 6) is 0. The number of aryl methyl sites for hydroxylation is 1. The van der Waals surface area contributed by atoms with Gasteiger partial charge in [0.25, 0.3) is 0 Å². The van der Waals surface area contributed by atoms with E-state index in [0.717, 1.165) is 6.42 Å². The van der Waals surface area contributed by atoms with Crippen molar-refractivity contribution in [2.24, 2.45) is 0 Å². The summed E-state index contributed by atoms with van der Waals surface area (Å²) in [4.78, 5) is 12.5. The van der Waals surface area contributed by atoms with E-state index in [-0.39, 0.29) is 32.6 Å². The Morgan fingerprint density at radius 2 is 1.48 bits per heavy atom. The fraction of sp³-hybridized carbons (Fsp3) is 0.684. The van der Waals surface area contributed by atoms with Crippen LogP contribution in [-0.4, -0.2) is 40.3 Å². The first-order valence-electron chi connectivity index (χ1n) is 8.36. The molecule has 4 nitrogen and oxygen atoms in total. The standard InChI is InChI=1S/C16H28NP.C2H6NO.CHO.Ru.H/c1-8-13-10-9-11-14(17-13)12-18(15(2,3)4)16(5,6)7;3-1-2-4;1-2;;/h9-11H,8,12H2,1-7H3;3-4H,1-2H2;1H;;/q;2*-1;+2;/p+1. The number of aromatic nitrogens is 1. The molecule has 0 radical (unpaired) electrons. The Balaban J connectivity index is -0.000000607. The molecule has 0 bridgehead atoms. The van der Waals surface area contributed by atoms with Gasteiger partial charge in [0.2, 0.25) is 0 Å². The zero-order valence-electron chi connectivity index (χ0n) is 16.8. The van der Waals surface area contributed by atoms with Crippen molar-refractivity contribution in [3.8, 4) is 0 Å². The van der Waals surface area contributed by atoms with Crippen molar-refractivity contribution in [1.29, 1.82) is 0 Å². The van der Waals surface area contributed by atoms with Crippen molar-refractivity contribution in [2.75, 3.05) is 13.2 Å². The molecule has 0 amide bonds. The van der Waals surface area contributed by atoms with Crippen LogP contribution in [0.2, 0.25) is 0 Å². The second kappa shape index (κ2) is 14.9. The Kier molecular flexibility index (Phi) is 17.6. The number of hydrogen-bond donors (Lipinski definition) is 1. The second-order valence-electron chi connectivity index (χ2n) is 7.60. The average Bonchev–Trinajstić information content (AvgIpc) is 2.53. The number of hydrogen-bond acceptors (Lipinski definition) is 3. The zero-order chi connectivity index (χ0) is 19.4. The van der Waals surface area contributed by atoms with Gasteiger partial charge in [-0.05, 0) is 60.1 Å². The van der Waals surface area contributed by atoms with Gasteiger partial charge < -0.3 is 15.6 Å². The molecule has 0 saturated heterocycles. The van der Waals surface area contributed by atoms with Crippen molar-refractivity contribution in [2.45, 2.75) is 71.4 Å². The molecular formula is C19H37N2O2PRu+. The predicted octanol–water partition coefficient (Wildman–Crippen LogP) is 4.44. The van der Waals surface area contributed by atoms with Crippen molar-refractivity contribution in [1.82, 2.24) is 4.98 Å². The monoisotopic (exact) mass is 458 g/mol. The summed E-state index contributed by atoms with van der Waals surface area (Å²) in [6.07, 6.45) is 2.20. The normalized spacial score (nSPS) is 10.8. The molecule has 2 N–H and O–H groups in total. The molecule has 1 heterocycles. The van der Waals surface area contributed by atoms with Crippen molar-refractivity contribution >= 4 is 14.7 Å². The Morgan fingerprint density at radius 3 is 1.80 bits per heavy atom. The number of aliphatic hydroxyl groups excluding tert-OH is 1. The molecule has 0 aliphatic rings. The van der Waals surface area contributed by atoms with Crippen molar-refractivity contribution < 1.29 is 29.4 Å². The van der Waals surface area contributed by atoms with Crippen LogP contribution in [0.3, 0.4) is 0 Å². The molecule has 25 heavy (non-hydrogen) atoms. The van der Waals surface area contributed by atoms with E-state index in [2.05, 4.69) is 73.5 Å². The Hall–Kier alpha value is -0.207. The van der Waals surface area contributed by atoms with Gasteiger partial charge in [0.15, 0.2) is 0 Å². The van der Waals surface area contributed by atoms with Gasteiger partial charge in [-0.3, -0.25) is 11.8 Å². The van der Waals surface area contributed by atoms with E-state index in [9.17, 15) is 0 Å². The third-order valence-electron chi connectivity index (χ3n) is 3.51.